The van der Waals surface area contributed by atoms with Gasteiger partial charge in [0.2, 0.25) is 0 Å². The average molecular weight is 376 g/mol. The van der Waals surface area contributed by atoms with Gasteiger partial charge in [-0.1, -0.05) is 82.8 Å². The number of benzene rings is 2. The summed E-state index contributed by atoms with van der Waals surface area (Å²) in [5.74, 6) is 3.43. The molecule has 0 aliphatic carbocycles. The van der Waals surface area contributed by atoms with Gasteiger partial charge in [0.25, 0.3) is 0 Å². The molecule has 1 nitrogen and oxygen atoms in total. The van der Waals surface area contributed by atoms with E-state index in [1.165, 1.54) is 60.3 Å². The molecule has 142 valence electrons. The van der Waals surface area contributed by atoms with Crippen LogP contribution in [0, 0.1) is 11.5 Å². The third-order valence-corrected chi connectivity index (χ3v) is 5.96. The molecule has 3 aromatic rings. The number of rotatable bonds is 7. The van der Waals surface area contributed by atoms with Crippen molar-refractivity contribution in [2.24, 2.45) is 0 Å². The number of para-hydroxylation sites is 1. The summed E-state index contributed by atoms with van der Waals surface area (Å²) in [7, 11) is -1.35. The summed E-state index contributed by atoms with van der Waals surface area (Å²) in [5, 5.41) is 2.70. The lowest BCUT2D eigenvalue weighted by atomic mass is 10.1. The molecule has 0 bridgehead atoms. The molecule has 2 aromatic carbocycles. The van der Waals surface area contributed by atoms with Crippen LogP contribution < -0.4 is 0 Å². The molecule has 0 N–H and O–H groups in total. The highest BCUT2D eigenvalue weighted by molar-refractivity contribution is 6.83. The first kappa shape index (κ1) is 19.8. The summed E-state index contributed by atoms with van der Waals surface area (Å²) in [6, 6.07) is 15.6. The lowest BCUT2D eigenvalue weighted by Crippen LogP contribution is -2.16. The van der Waals surface area contributed by atoms with Crippen LogP contribution in [0.2, 0.25) is 19.6 Å². The summed E-state index contributed by atoms with van der Waals surface area (Å²) in [4.78, 5) is 0. The van der Waals surface area contributed by atoms with E-state index in [4.69, 9.17) is 0 Å². The molecule has 27 heavy (non-hydrogen) atoms. The van der Waals surface area contributed by atoms with Gasteiger partial charge in [-0.2, -0.15) is 0 Å². The highest BCUT2D eigenvalue weighted by Gasteiger charge is 2.11. The molecular weight excluding hydrogens is 342 g/mol. The Balaban J connectivity index is 1.89. The molecule has 0 aliphatic rings. The summed E-state index contributed by atoms with van der Waals surface area (Å²) < 4.78 is 2.51. The second-order valence-corrected chi connectivity index (χ2v) is 13.4. The minimum Gasteiger partial charge on any atom is -0.340 e. The zero-order valence-electron chi connectivity index (χ0n) is 17.4. The van der Waals surface area contributed by atoms with Crippen LogP contribution in [-0.4, -0.2) is 12.6 Å². The van der Waals surface area contributed by atoms with Crippen LogP contribution in [0.5, 0.6) is 0 Å². The molecule has 0 fully saturated rings. The molecule has 0 aliphatic heterocycles. The van der Waals surface area contributed by atoms with E-state index in [0.717, 1.165) is 12.1 Å². The number of nitrogens with zero attached hydrogens (tertiary/aromatic N) is 1. The Kier molecular flexibility index (Phi) is 6.45. The minimum atomic E-state index is -1.35. The normalized spacial score (nSPS) is 11.7. The molecule has 0 saturated carbocycles. The third-order valence-electron chi connectivity index (χ3n) is 5.09. The predicted octanol–water partition coefficient (Wildman–Crippen LogP) is 7.38. The summed E-state index contributed by atoms with van der Waals surface area (Å²) in [6.45, 7) is 10.3. The predicted molar refractivity (Wildman–Crippen MR) is 123 cm³/mol. The maximum absolute atomic E-state index is 3.50. The SMILES string of the molecule is CCCCCCCCn1c2ccccc2c2cc(C#C[Si](C)(C)C)ccc21. The maximum atomic E-state index is 3.50. The van der Waals surface area contributed by atoms with Gasteiger partial charge in [0.1, 0.15) is 8.07 Å². The van der Waals surface area contributed by atoms with Gasteiger partial charge in [0.05, 0.1) is 0 Å². The third kappa shape index (κ3) is 5.05. The van der Waals surface area contributed by atoms with Gasteiger partial charge in [-0.3, -0.25) is 0 Å². The quantitative estimate of drug-likeness (QED) is 0.230. The van der Waals surface area contributed by atoms with Crippen LogP contribution in [0.15, 0.2) is 42.5 Å². The van der Waals surface area contributed by atoms with E-state index in [1.54, 1.807) is 0 Å². The molecule has 1 heterocycles. The zero-order chi connectivity index (χ0) is 19.3. The van der Waals surface area contributed by atoms with Crippen molar-refractivity contribution in [1.82, 2.24) is 4.57 Å². The molecule has 0 saturated heterocycles. The first-order valence-electron chi connectivity index (χ1n) is 10.5. The molecule has 0 spiro atoms. The van der Waals surface area contributed by atoms with E-state index in [2.05, 4.69) is 85.1 Å². The Morgan fingerprint density at radius 2 is 1.52 bits per heavy atom. The largest absolute Gasteiger partial charge is 0.340 e. The second-order valence-electron chi connectivity index (χ2n) is 8.67. The summed E-state index contributed by atoms with van der Waals surface area (Å²) in [5.41, 5.74) is 7.35. The summed E-state index contributed by atoms with van der Waals surface area (Å²) in [6.07, 6.45) is 8.01. The fraction of sp³-hybridized carbons (Fsp3) is 0.440. The van der Waals surface area contributed by atoms with Gasteiger partial charge in [0.15, 0.2) is 0 Å². The topological polar surface area (TPSA) is 4.93 Å². The molecular formula is C25H33NSi. The first-order chi connectivity index (χ1) is 13.0. The van der Waals surface area contributed by atoms with Crippen LogP contribution in [0.4, 0.5) is 0 Å². The number of fused-ring (bicyclic) bond motifs is 3. The van der Waals surface area contributed by atoms with Gasteiger partial charge in [-0.05, 0) is 30.7 Å². The number of hydrogen-bond acceptors (Lipinski definition) is 0. The highest BCUT2D eigenvalue weighted by Crippen LogP contribution is 2.30. The van der Waals surface area contributed by atoms with Crippen molar-refractivity contribution in [3.63, 3.8) is 0 Å². The maximum Gasteiger partial charge on any atom is 0.129 e. The lowest BCUT2D eigenvalue weighted by molar-refractivity contribution is 0.571. The molecule has 3 rings (SSSR count). The molecule has 0 amide bonds. The zero-order valence-corrected chi connectivity index (χ0v) is 18.4. The Labute approximate surface area is 165 Å². The van der Waals surface area contributed by atoms with E-state index in [-0.39, 0.29) is 0 Å². The number of hydrogen-bond donors (Lipinski definition) is 0. The first-order valence-corrected chi connectivity index (χ1v) is 14.0. The van der Waals surface area contributed by atoms with E-state index >= 15 is 0 Å². The van der Waals surface area contributed by atoms with Crippen LogP contribution >= 0.6 is 0 Å². The van der Waals surface area contributed by atoms with E-state index in [9.17, 15) is 0 Å². The van der Waals surface area contributed by atoms with Crippen molar-refractivity contribution in [1.29, 1.82) is 0 Å². The molecule has 0 radical (unpaired) electrons. The van der Waals surface area contributed by atoms with E-state index in [1.807, 2.05) is 0 Å². The van der Waals surface area contributed by atoms with Crippen LogP contribution in [0.25, 0.3) is 21.8 Å². The number of aryl methyl sites for hydroxylation is 1. The second kappa shape index (κ2) is 8.80. The van der Waals surface area contributed by atoms with E-state index in [0.29, 0.717) is 0 Å². The van der Waals surface area contributed by atoms with Gasteiger partial charge < -0.3 is 4.57 Å². The van der Waals surface area contributed by atoms with Crippen LogP contribution in [0.1, 0.15) is 51.0 Å². The Bertz CT molecular complexity index is 963. The highest BCUT2D eigenvalue weighted by atomic mass is 28.3. The Morgan fingerprint density at radius 3 is 2.30 bits per heavy atom. The van der Waals surface area contributed by atoms with Crippen molar-refractivity contribution in [2.45, 2.75) is 71.6 Å². The average Bonchev–Trinajstić information content (AvgIpc) is 2.96. The number of unbranched alkanes of at least 4 members (excludes halogenated alkanes) is 5. The standard InChI is InChI=1S/C25H33NSi/c1-5-6-7-8-9-12-18-26-24-14-11-10-13-22(24)23-20-21(15-16-25(23)26)17-19-27(2,3)4/h10-11,13-16,20H,5-9,12,18H2,1-4H3. The molecule has 0 unspecified atom stereocenters. The van der Waals surface area contributed by atoms with Crippen molar-refractivity contribution in [3.8, 4) is 11.5 Å². The van der Waals surface area contributed by atoms with Gasteiger partial charge in [0, 0.05) is 33.9 Å². The van der Waals surface area contributed by atoms with Crippen molar-refractivity contribution in [2.75, 3.05) is 0 Å². The van der Waals surface area contributed by atoms with Gasteiger partial charge >= 0.3 is 0 Å². The Morgan fingerprint density at radius 1 is 0.815 bits per heavy atom. The monoisotopic (exact) mass is 375 g/mol. The fourth-order valence-electron chi connectivity index (χ4n) is 3.68. The smallest absolute Gasteiger partial charge is 0.129 e. The molecule has 0 atom stereocenters. The molecule has 2 heteroatoms. The van der Waals surface area contributed by atoms with Crippen molar-refractivity contribution >= 4 is 29.9 Å². The van der Waals surface area contributed by atoms with Gasteiger partial charge in [-0.15, -0.1) is 5.54 Å². The summed E-state index contributed by atoms with van der Waals surface area (Å²) >= 11 is 0. The minimum absolute atomic E-state index is 1.11. The van der Waals surface area contributed by atoms with Crippen LogP contribution in [0.3, 0.4) is 0 Å². The molecule has 1 aromatic heterocycles. The van der Waals surface area contributed by atoms with Crippen molar-refractivity contribution < 1.29 is 0 Å². The van der Waals surface area contributed by atoms with Crippen molar-refractivity contribution in [3.05, 3.63) is 48.0 Å². The number of aromatic nitrogens is 1. The Hall–Kier alpha value is -1.98. The lowest BCUT2D eigenvalue weighted by Gasteiger charge is -2.08. The fourth-order valence-corrected chi connectivity index (χ4v) is 4.20. The van der Waals surface area contributed by atoms with Gasteiger partial charge in [-0.25, -0.2) is 0 Å². The van der Waals surface area contributed by atoms with Crippen LogP contribution in [-0.2, 0) is 6.54 Å². The van der Waals surface area contributed by atoms with E-state index < -0.39 is 8.07 Å².